The zero-order valence-electron chi connectivity index (χ0n) is 16.7. The van der Waals surface area contributed by atoms with Crippen LogP contribution in [0.3, 0.4) is 0 Å². The molecule has 0 saturated carbocycles. The van der Waals surface area contributed by atoms with Gasteiger partial charge in [-0.25, -0.2) is 9.37 Å². The SMILES string of the molecule is CN=C(NCC(=O)Nc1cccc(F)c1)N(C)Cc1ncc(-c2ccccc2)[nH]1.I. The van der Waals surface area contributed by atoms with Crippen molar-refractivity contribution in [1.29, 1.82) is 0 Å². The van der Waals surface area contributed by atoms with Crippen molar-refractivity contribution in [3.63, 3.8) is 0 Å². The number of anilines is 1. The number of H-pyrrole nitrogens is 1. The van der Waals surface area contributed by atoms with E-state index in [1.54, 1.807) is 19.3 Å². The molecule has 0 aliphatic heterocycles. The second-order valence-electron chi connectivity index (χ2n) is 6.42. The third-order valence-corrected chi connectivity index (χ3v) is 4.19. The molecule has 1 aromatic heterocycles. The number of rotatable bonds is 6. The van der Waals surface area contributed by atoms with Gasteiger partial charge in [0.2, 0.25) is 5.91 Å². The number of guanidine groups is 1. The fourth-order valence-corrected chi connectivity index (χ4v) is 2.82. The van der Waals surface area contributed by atoms with Gasteiger partial charge in [-0.05, 0) is 23.8 Å². The Morgan fingerprint density at radius 1 is 1.20 bits per heavy atom. The minimum Gasteiger partial charge on any atom is -0.347 e. The molecule has 0 radical (unpaired) electrons. The lowest BCUT2D eigenvalue weighted by molar-refractivity contribution is -0.115. The summed E-state index contributed by atoms with van der Waals surface area (Å²) in [5.41, 5.74) is 2.40. The van der Waals surface area contributed by atoms with Gasteiger partial charge in [0.25, 0.3) is 0 Å². The van der Waals surface area contributed by atoms with Gasteiger partial charge in [0.15, 0.2) is 5.96 Å². The quantitative estimate of drug-likeness (QED) is 0.263. The zero-order valence-corrected chi connectivity index (χ0v) is 19.1. The van der Waals surface area contributed by atoms with Crippen molar-refractivity contribution in [2.75, 3.05) is 26.0 Å². The van der Waals surface area contributed by atoms with Gasteiger partial charge in [-0.2, -0.15) is 0 Å². The molecule has 3 N–H and O–H groups in total. The van der Waals surface area contributed by atoms with Crippen molar-refractivity contribution in [3.05, 3.63) is 72.4 Å². The lowest BCUT2D eigenvalue weighted by Crippen LogP contribution is -2.42. The van der Waals surface area contributed by atoms with Crippen LogP contribution >= 0.6 is 24.0 Å². The Bertz CT molecular complexity index is 992. The monoisotopic (exact) mass is 522 g/mol. The maximum atomic E-state index is 13.2. The number of carbonyl (C=O) groups excluding carboxylic acids is 1. The highest BCUT2D eigenvalue weighted by Crippen LogP contribution is 2.16. The fourth-order valence-electron chi connectivity index (χ4n) is 2.82. The average molecular weight is 522 g/mol. The molecular weight excluding hydrogens is 498 g/mol. The van der Waals surface area contributed by atoms with Crippen LogP contribution in [-0.4, -0.2) is 47.4 Å². The van der Waals surface area contributed by atoms with E-state index in [9.17, 15) is 9.18 Å². The molecule has 1 amide bonds. The summed E-state index contributed by atoms with van der Waals surface area (Å²) >= 11 is 0. The topological polar surface area (TPSA) is 85.4 Å². The predicted molar refractivity (Wildman–Crippen MR) is 127 cm³/mol. The Hall–Kier alpha value is -2.95. The first-order chi connectivity index (χ1) is 14.0. The summed E-state index contributed by atoms with van der Waals surface area (Å²) in [7, 11) is 3.49. The highest BCUT2D eigenvalue weighted by molar-refractivity contribution is 14.0. The van der Waals surface area contributed by atoms with Crippen LogP contribution in [0.25, 0.3) is 11.3 Å². The van der Waals surface area contributed by atoms with Crippen molar-refractivity contribution in [2.45, 2.75) is 6.54 Å². The Labute approximate surface area is 191 Å². The van der Waals surface area contributed by atoms with Gasteiger partial charge in [0.05, 0.1) is 25.0 Å². The third kappa shape index (κ3) is 6.55. The third-order valence-electron chi connectivity index (χ3n) is 4.19. The number of nitrogens with zero attached hydrogens (tertiary/aromatic N) is 3. The summed E-state index contributed by atoms with van der Waals surface area (Å²) < 4.78 is 13.2. The number of imidazole rings is 1. The standard InChI is InChI=1S/C21H23FN6O.HI/c1-23-21(25-13-20(29)26-17-10-6-9-16(22)11-17)28(2)14-19-24-12-18(27-19)15-7-4-3-5-8-15;/h3-12H,13-14H2,1-2H3,(H,23,25)(H,24,27)(H,26,29);1H. The molecule has 0 spiro atoms. The van der Waals surface area contributed by atoms with E-state index < -0.39 is 5.82 Å². The predicted octanol–water partition coefficient (Wildman–Crippen LogP) is 3.48. The van der Waals surface area contributed by atoms with Gasteiger partial charge >= 0.3 is 0 Å². The number of carbonyl (C=O) groups is 1. The molecule has 2 aromatic carbocycles. The van der Waals surface area contributed by atoms with Crippen molar-refractivity contribution in [2.24, 2.45) is 4.99 Å². The van der Waals surface area contributed by atoms with Gasteiger partial charge in [0.1, 0.15) is 11.6 Å². The summed E-state index contributed by atoms with van der Waals surface area (Å²) in [4.78, 5) is 25.8. The van der Waals surface area contributed by atoms with Crippen molar-refractivity contribution < 1.29 is 9.18 Å². The molecule has 0 atom stereocenters. The molecule has 3 rings (SSSR count). The summed E-state index contributed by atoms with van der Waals surface area (Å²) in [6.45, 7) is 0.485. The van der Waals surface area contributed by atoms with Crippen LogP contribution < -0.4 is 10.6 Å². The van der Waals surface area contributed by atoms with E-state index in [0.29, 0.717) is 18.2 Å². The first-order valence-corrected chi connectivity index (χ1v) is 9.11. The van der Waals surface area contributed by atoms with E-state index in [2.05, 4.69) is 25.6 Å². The molecule has 9 heteroatoms. The van der Waals surface area contributed by atoms with Crippen LogP contribution in [0.2, 0.25) is 0 Å². The Morgan fingerprint density at radius 3 is 2.67 bits per heavy atom. The lowest BCUT2D eigenvalue weighted by atomic mass is 10.2. The van der Waals surface area contributed by atoms with Gasteiger partial charge < -0.3 is 20.5 Å². The van der Waals surface area contributed by atoms with E-state index in [1.165, 1.54) is 18.2 Å². The molecule has 0 aliphatic carbocycles. The van der Waals surface area contributed by atoms with Gasteiger partial charge in [-0.1, -0.05) is 36.4 Å². The van der Waals surface area contributed by atoms with Gasteiger partial charge in [-0.3, -0.25) is 9.79 Å². The van der Waals surface area contributed by atoms with Crippen molar-refractivity contribution in [1.82, 2.24) is 20.2 Å². The molecule has 7 nitrogen and oxygen atoms in total. The van der Waals surface area contributed by atoms with Crippen LogP contribution in [0.5, 0.6) is 0 Å². The summed E-state index contributed by atoms with van der Waals surface area (Å²) in [5.74, 6) is 0.615. The fraction of sp³-hybridized carbons (Fsp3) is 0.190. The maximum absolute atomic E-state index is 13.2. The smallest absolute Gasteiger partial charge is 0.243 e. The maximum Gasteiger partial charge on any atom is 0.243 e. The highest BCUT2D eigenvalue weighted by atomic mass is 127. The molecule has 0 bridgehead atoms. The number of aliphatic imine (C=N–C) groups is 1. The molecule has 30 heavy (non-hydrogen) atoms. The molecule has 0 fully saturated rings. The normalized spacial score (nSPS) is 10.8. The number of aromatic nitrogens is 2. The first kappa shape index (κ1) is 23.3. The summed E-state index contributed by atoms with van der Waals surface area (Å²) in [6, 6.07) is 15.7. The van der Waals surface area contributed by atoms with Crippen LogP contribution in [0.1, 0.15) is 5.82 Å². The van der Waals surface area contributed by atoms with E-state index >= 15 is 0 Å². The van der Waals surface area contributed by atoms with E-state index in [0.717, 1.165) is 17.1 Å². The van der Waals surface area contributed by atoms with Gasteiger partial charge in [0, 0.05) is 19.8 Å². The summed E-state index contributed by atoms with van der Waals surface area (Å²) in [5, 5.41) is 5.63. The van der Waals surface area contributed by atoms with Crippen LogP contribution in [0.15, 0.2) is 65.8 Å². The number of halogens is 2. The second-order valence-corrected chi connectivity index (χ2v) is 6.42. The highest BCUT2D eigenvalue weighted by Gasteiger charge is 2.11. The van der Waals surface area contributed by atoms with Crippen LogP contribution in [-0.2, 0) is 11.3 Å². The number of hydrogen-bond donors (Lipinski definition) is 3. The van der Waals surface area contributed by atoms with Crippen molar-refractivity contribution in [3.8, 4) is 11.3 Å². The van der Waals surface area contributed by atoms with Crippen LogP contribution in [0, 0.1) is 5.82 Å². The lowest BCUT2D eigenvalue weighted by Gasteiger charge is -2.20. The first-order valence-electron chi connectivity index (χ1n) is 9.11. The number of aromatic amines is 1. The number of hydrogen-bond acceptors (Lipinski definition) is 3. The molecule has 0 unspecified atom stereocenters. The Kier molecular flexibility index (Phi) is 8.78. The largest absolute Gasteiger partial charge is 0.347 e. The minimum atomic E-state index is -0.403. The van der Waals surface area contributed by atoms with E-state index in [-0.39, 0.29) is 36.4 Å². The van der Waals surface area contributed by atoms with E-state index in [4.69, 9.17) is 0 Å². The van der Waals surface area contributed by atoms with Gasteiger partial charge in [-0.15, -0.1) is 24.0 Å². The molecular formula is C21H24FIN6O. The van der Waals surface area contributed by atoms with Crippen molar-refractivity contribution >= 4 is 41.5 Å². The molecule has 0 aliphatic rings. The zero-order chi connectivity index (χ0) is 20.6. The Balaban J connectivity index is 0.00000320. The molecule has 3 aromatic rings. The molecule has 1 heterocycles. The second kappa shape index (κ2) is 11.3. The van der Waals surface area contributed by atoms with E-state index in [1.807, 2.05) is 42.3 Å². The van der Waals surface area contributed by atoms with Crippen LogP contribution in [0.4, 0.5) is 10.1 Å². The Morgan fingerprint density at radius 2 is 1.97 bits per heavy atom. The number of benzene rings is 2. The molecule has 158 valence electrons. The molecule has 0 saturated heterocycles. The summed E-state index contributed by atoms with van der Waals surface area (Å²) in [6.07, 6.45) is 1.79. The minimum absolute atomic E-state index is 0. The number of nitrogens with one attached hydrogen (secondary N) is 3. The number of amides is 1. The average Bonchev–Trinajstić information content (AvgIpc) is 3.17.